The molecule has 1 aromatic carbocycles. The lowest BCUT2D eigenvalue weighted by atomic mass is 10.2. The van der Waals surface area contributed by atoms with Gasteiger partial charge < -0.3 is 9.84 Å². The molecule has 0 atom stereocenters. The van der Waals surface area contributed by atoms with Crippen LogP contribution in [0.1, 0.15) is 17.9 Å². The third-order valence-electron chi connectivity index (χ3n) is 3.50. The van der Waals surface area contributed by atoms with Crippen molar-refractivity contribution in [3.05, 3.63) is 58.4 Å². The van der Waals surface area contributed by atoms with Crippen LogP contribution in [-0.2, 0) is 17.8 Å². The molecule has 0 saturated carbocycles. The lowest BCUT2D eigenvalue weighted by Crippen LogP contribution is -2.46. The van der Waals surface area contributed by atoms with E-state index >= 15 is 0 Å². The zero-order valence-corrected chi connectivity index (χ0v) is 15.7. The van der Waals surface area contributed by atoms with Gasteiger partial charge in [-0.25, -0.2) is 4.39 Å². The SMILES string of the molecule is O=C(CCc1nc(-c2ccsc2)no1)NNC(=S)NCc1ccc(F)cc1. The van der Waals surface area contributed by atoms with Crippen LogP contribution in [-0.4, -0.2) is 21.2 Å². The third-order valence-corrected chi connectivity index (χ3v) is 4.42. The molecule has 0 saturated heterocycles. The van der Waals surface area contributed by atoms with Crippen molar-refractivity contribution in [1.29, 1.82) is 0 Å². The van der Waals surface area contributed by atoms with Gasteiger partial charge in [-0.3, -0.25) is 15.6 Å². The van der Waals surface area contributed by atoms with E-state index in [1.54, 1.807) is 23.5 Å². The highest BCUT2D eigenvalue weighted by Crippen LogP contribution is 2.18. The van der Waals surface area contributed by atoms with Crippen LogP contribution in [0.15, 0.2) is 45.6 Å². The van der Waals surface area contributed by atoms with E-state index in [2.05, 4.69) is 26.3 Å². The minimum atomic E-state index is -0.296. The van der Waals surface area contributed by atoms with Gasteiger partial charge in [-0.1, -0.05) is 17.3 Å². The molecule has 2 heterocycles. The number of nitrogens with one attached hydrogen (secondary N) is 3. The first-order valence-electron chi connectivity index (χ1n) is 8.02. The molecule has 140 valence electrons. The Morgan fingerprint density at radius 1 is 1.22 bits per heavy atom. The van der Waals surface area contributed by atoms with E-state index in [0.29, 0.717) is 24.7 Å². The fraction of sp³-hybridized carbons (Fsp3) is 0.176. The first-order chi connectivity index (χ1) is 13.1. The molecule has 0 aliphatic rings. The summed E-state index contributed by atoms with van der Waals surface area (Å²) in [5.74, 6) is 0.339. The van der Waals surface area contributed by atoms with Gasteiger partial charge in [0.2, 0.25) is 17.6 Å². The van der Waals surface area contributed by atoms with Crippen molar-refractivity contribution in [3.8, 4) is 11.4 Å². The number of nitrogens with zero attached hydrogens (tertiary/aromatic N) is 2. The summed E-state index contributed by atoms with van der Waals surface area (Å²) in [6, 6.07) is 7.94. The van der Waals surface area contributed by atoms with Gasteiger partial charge in [0.25, 0.3) is 0 Å². The monoisotopic (exact) mass is 405 g/mol. The van der Waals surface area contributed by atoms with Crippen molar-refractivity contribution in [2.24, 2.45) is 0 Å². The number of halogens is 1. The first-order valence-corrected chi connectivity index (χ1v) is 9.37. The van der Waals surface area contributed by atoms with Crippen LogP contribution in [0.2, 0.25) is 0 Å². The molecular formula is C17H16FN5O2S2. The van der Waals surface area contributed by atoms with Crippen molar-refractivity contribution < 1.29 is 13.7 Å². The van der Waals surface area contributed by atoms with Gasteiger partial charge in [0.15, 0.2) is 5.11 Å². The molecule has 0 spiro atoms. The van der Waals surface area contributed by atoms with Gasteiger partial charge in [0.1, 0.15) is 5.82 Å². The van der Waals surface area contributed by atoms with Crippen LogP contribution < -0.4 is 16.2 Å². The maximum Gasteiger partial charge on any atom is 0.238 e. The Balaban J connectivity index is 1.35. The number of aromatic nitrogens is 2. The predicted molar refractivity (Wildman–Crippen MR) is 103 cm³/mol. The summed E-state index contributed by atoms with van der Waals surface area (Å²) in [5.41, 5.74) is 6.85. The number of thiophene rings is 1. The second-order valence-corrected chi connectivity index (χ2v) is 6.69. The number of amides is 1. The fourth-order valence-electron chi connectivity index (χ4n) is 2.10. The van der Waals surface area contributed by atoms with Crippen molar-refractivity contribution in [1.82, 2.24) is 26.3 Å². The van der Waals surface area contributed by atoms with Crippen LogP contribution >= 0.6 is 23.6 Å². The Bertz CT molecular complexity index is 896. The van der Waals surface area contributed by atoms with E-state index in [-0.39, 0.29) is 23.3 Å². The molecule has 0 aliphatic carbocycles. The van der Waals surface area contributed by atoms with Crippen molar-refractivity contribution in [2.75, 3.05) is 0 Å². The van der Waals surface area contributed by atoms with Crippen molar-refractivity contribution in [3.63, 3.8) is 0 Å². The molecular weight excluding hydrogens is 389 g/mol. The quantitative estimate of drug-likeness (QED) is 0.429. The second kappa shape index (κ2) is 9.19. The van der Waals surface area contributed by atoms with Crippen LogP contribution in [0.3, 0.4) is 0 Å². The normalized spacial score (nSPS) is 10.4. The summed E-state index contributed by atoms with van der Waals surface area (Å²) in [5, 5.41) is 10.9. The zero-order chi connectivity index (χ0) is 19.1. The van der Waals surface area contributed by atoms with Crippen LogP contribution in [0.5, 0.6) is 0 Å². The molecule has 0 radical (unpaired) electrons. The van der Waals surface area contributed by atoms with E-state index in [0.717, 1.165) is 11.1 Å². The minimum Gasteiger partial charge on any atom is -0.357 e. The minimum absolute atomic E-state index is 0.166. The van der Waals surface area contributed by atoms with E-state index in [1.807, 2.05) is 16.8 Å². The highest BCUT2D eigenvalue weighted by molar-refractivity contribution is 7.80. The number of aryl methyl sites for hydroxylation is 1. The van der Waals surface area contributed by atoms with Gasteiger partial charge in [0, 0.05) is 30.3 Å². The lowest BCUT2D eigenvalue weighted by molar-refractivity contribution is -0.121. The number of hydrazine groups is 1. The highest BCUT2D eigenvalue weighted by atomic mass is 32.1. The van der Waals surface area contributed by atoms with Gasteiger partial charge in [-0.15, -0.1) is 0 Å². The molecule has 7 nitrogen and oxygen atoms in total. The number of rotatable bonds is 6. The summed E-state index contributed by atoms with van der Waals surface area (Å²) >= 11 is 6.62. The first kappa shape index (κ1) is 18.9. The molecule has 3 aromatic rings. The summed E-state index contributed by atoms with van der Waals surface area (Å²) in [4.78, 5) is 16.1. The van der Waals surface area contributed by atoms with Gasteiger partial charge >= 0.3 is 0 Å². The van der Waals surface area contributed by atoms with Crippen molar-refractivity contribution >= 4 is 34.6 Å². The standard InChI is InChI=1S/C17H16FN5O2S2/c18-13-3-1-11(2-4-13)9-19-17(26)22-21-14(24)5-6-15-20-16(23-25-15)12-7-8-27-10-12/h1-4,7-8,10H,5-6,9H2,(H,21,24)(H2,19,22,26). The molecule has 1 amide bonds. The molecule has 2 aromatic heterocycles. The molecule has 10 heteroatoms. The largest absolute Gasteiger partial charge is 0.357 e. The molecule has 0 fully saturated rings. The number of carbonyl (C=O) groups is 1. The van der Waals surface area contributed by atoms with Crippen LogP contribution in [0.25, 0.3) is 11.4 Å². The van der Waals surface area contributed by atoms with E-state index in [1.165, 1.54) is 12.1 Å². The summed E-state index contributed by atoms with van der Waals surface area (Å²) < 4.78 is 18.0. The summed E-state index contributed by atoms with van der Waals surface area (Å²) in [6.07, 6.45) is 0.485. The van der Waals surface area contributed by atoms with Crippen LogP contribution in [0.4, 0.5) is 4.39 Å². The van der Waals surface area contributed by atoms with E-state index < -0.39 is 0 Å². The van der Waals surface area contributed by atoms with Gasteiger partial charge in [0.05, 0.1) is 0 Å². The lowest BCUT2D eigenvalue weighted by Gasteiger charge is -2.11. The molecule has 3 rings (SSSR count). The predicted octanol–water partition coefficient (Wildman–Crippen LogP) is 2.57. The average molecular weight is 405 g/mol. The Hall–Kier alpha value is -2.85. The Morgan fingerprint density at radius 3 is 2.78 bits per heavy atom. The molecule has 3 N–H and O–H groups in total. The zero-order valence-electron chi connectivity index (χ0n) is 14.1. The molecule has 0 aliphatic heterocycles. The molecule has 27 heavy (non-hydrogen) atoms. The smallest absolute Gasteiger partial charge is 0.238 e. The van der Waals surface area contributed by atoms with Crippen molar-refractivity contribution in [2.45, 2.75) is 19.4 Å². The Morgan fingerprint density at radius 2 is 2.04 bits per heavy atom. The second-order valence-electron chi connectivity index (χ2n) is 5.51. The number of carbonyl (C=O) groups excluding carboxylic acids is 1. The summed E-state index contributed by atoms with van der Waals surface area (Å²) in [7, 11) is 0. The maximum absolute atomic E-state index is 12.8. The summed E-state index contributed by atoms with van der Waals surface area (Å²) in [6.45, 7) is 0.412. The van der Waals surface area contributed by atoms with E-state index in [9.17, 15) is 9.18 Å². The number of hydrogen-bond donors (Lipinski definition) is 3. The molecule has 0 unspecified atom stereocenters. The van der Waals surface area contributed by atoms with E-state index in [4.69, 9.17) is 16.7 Å². The number of benzene rings is 1. The van der Waals surface area contributed by atoms with Gasteiger partial charge in [-0.2, -0.15) is 16.3 Å². The number of thiocarbonyl (C=S) groups is 1. The maximum atomic E-state index is 12.8. The van der Waals surface area contributed by atoms with Gasteiger partial charge in [-0.05, 0) is 41.4 Å². The molecule has 0 bridgehead atoms. The fourth-order valence-corrected chi connectivity index (χ4v) is 2.86. The topological polar surface area (TPSA) is 92.1 Å². The van der Waals surface area contributed by atoms with Crippen LogP contribution in [0, 0.1) is 5.82 Å². The Labute approximate surface area is 164 Å². The highest BCUT2D eigenvalue weighted by Gasteiger charge is 2.11. The average Bonchev–Trinajstić information content (AvgIpc) is 3.35. The number of hydrogen-bond acceptors (Lipinski definition) is 6. The third kappa shape index (κ3) is 5.83. The Kier molecular flexibility index (Phi) is 6.44.